The Hall–Kier alpha value is -3.80. The van der Waals surface area contributed by atoms with Crippen LogP contribution in [0.4, 0.5) is 0 Å². The molecular weight excluding hydrogens is 380 g/mol. The number of hydrogen-bond donors (Lipinski definition) is 0. The van der Waals surface area contributed by atoms with Crippen molar-refractivity contribution in [1.82, 2.24) is 4.90 Å². The van der Waals surface area contributed by atoms with E-state index in [-0.39, 0.29) is 5.97 Å². The van der Waals surface area contributed by atoms with E-state index < -0.39 is 6.23 Å². The minimum Gasteiger partial charge on any atom is -0.497 e. The van der Waals surface area contributed by atoms with Crippen molar-refractivity contribution in [3.63, 3.8) is 0 Å². The Morgan fingerprint density at radius 1 is 0.967 bits per heavy atom. The van der Waals surface area contributed by atoms with Crippen LogP contribution in [0.25, 0.3) is 0 Å². The minimum atomic E-state index is -0.408. The number of amidine groups is 1. The second-order valence-electron chi connectivity index (χ2n) is 6.83. The van der Waals surface area contributed by atoms with Crippen molar-refractivity contribution >= 4 is 11.8 Å². The van der Waals surface area contributed by atoms with Gasteiger partial charge in [-0.25, -0.2) is 4.79 Å². The summed E-state index contributed by atoms with van der Waals surface area (Å²) in [6.07, 6.45) is -0.408. The third-order valence-corrected chi connectivity index (χ3v) is 4.96. The van der Waals surface area contributed by atoms with Gasteiger partial charge in [0.25, 0.3) is 0 Å². The second-order valence-corrected chi connectivity index (χ2v) is 6.83. The monoisotopic (exact) mass is 402 g/mol. The highest BCUT2D eigenvalue weighted by molar-refractivity contribution is 5.99. The van der Waals surface area contributed by atoms with Crippen LogP contribution in [-0.2, 0) is 16.1 Å². The van der Waals surface area contributed by atoms with Crippen LogP contribution in [0.5, 0.6) is 5.75 Å². The van der Waals surface area contributed by atoms with E-state index in [1.54, 1.807) is 19.2 Å². The standard InChI is InChI=1S/C24H22N2O4/c1-28-21-14-12-18(13-15-21)22-25-30-23(26(22)16-17-6-4-3-5-7-17)19-8-10-20(11-9-19)24(27)29-2/h3-15,23H,16H2,1-2H3. The van der Waals surface area contributed by atoms with Crippen LogP contribution in [0, 0.1) is 0 Å². The highest BCUT2D eigenvalue weighted by atomic mass is 16.7. The fraction of sp³-hybridized carbons (Fsp3) is 0.167. The molecule has 0 fully saturated rings. The van der Waals surface area contributed by atoms with Gasteiger partial charge in [0, 0.05) is 17.7 Å². The molecule has 3 aromatic rings. The molecule has 3 aromatic carbocycles. The normalized spacial score (nSPS) is 15.3. The van der Waals surface area contributed by atoms with Gasteiger partial charge in [-0.3, -0.25) is 0 Å². The van der Waals surface area contributed by atoms with E-state index >= 15 is 0 Å². The summed E-state index contributed by atoms with van der Waals surface area (Å²) in [7, 11) is 3.01. The number of nitrogens with zero attached hydrogens (tertiary/aromatic N) is 2. The van der Waals surface area contributed by atoms with Crippen LogP contribution in [0.2, 0.25) is 0 Å². The lowest BCUT2D eigenvalue weighted by atomic mass is 10.1. The number of hydrogen-bond acceptors (Lipinski definition) is 6. The summed E-state index contributed by atoms with van der Waals surface area (Å²) < 4.78 is 10.0. The molecule has 4 rings (SSSR count). The summed E-state index contributed by atoms with van der Waals surface area (Å²) in [5.74, 6) is 1.15. The van der Waals surface area contributed by atoms with Crippen LogP contribution in [0.3, 0.4) is 0 Å². The Morgan fingerprint density at radius 3 is 2.30 bits per heavy atom. The minimum absolute atomic E-state index is 0.370. The molecule has 1 atom stereocenters. The third-order valence-electron chi connectivity index (χ3n) is 4.96. The number of oxime groups is 1. The fourth-order valence-electron chi connectivity index (χ4n) is 3.36. The first-order valence-corrected chi connectivity index (χ1v) is 9.56. The van der Waals surface area contributed by atoms with Crippen molar-refractivity contribution < 1.29 is 19.1 Å². The summed E-state index contributed by atoms with van der Waals surface area (Å²) in [5, 5.41) is 4.38. The predicted octanol–water partition coefficient (Wildman–Crippen LogP) is 4.37. The first-order chi connectivity index (χ1) is 14.7. The van der Waals surface area contributed by atoms with Gasteiger partial charge >= 0.3 is 5.97 Å². The molecular formula is C24H22N2O4. The zero-order valence-electron chi connectivity index (χ0n) is 16.8. The smallest absolute Gasteiger partial charge is 0.337 e. The molecule has 0 amide bonds. The highest BCUT2D eigenvalue weighted by Gasteiger charge is 2.32. The van der Waals surface area contributed by atoms with Gasteiger partial charge < -0.3 is 19.2 Å². The van der Waals surface area contributed by atoms with Crippen molar-refractivity contribution in [2.45, 2.75) is 12.8 Å². The third kappa shape index (κ3) is 3.98. The number of rotatable bonds is 6. The quantitative estimate of drug-likeness (QED) is 0.573. The number of ether oxygens (including phenoxy) is 2. The molecule has 1 aliphatic rings. The molecule has 6 heteroatoms. The molecule has 0 saturated carbocycles. The number of esters is 1. The molecule has 1 aliphatic heterocycles. The summed E-state index contributed by atoms with van der Waals surface area (Å²) in [6.45, 7) is 0.620. The average molecular weight is 402 g/mol. The number of methoxy groups -OCH3 is 2. The molecule has 0 saturated heterocycles. The maximum Gasteiger partial charge on any atom is 0.337 e. The van der Waals surface area contributed by atoms with Gasteiger partial charge in [-0.15, -0.1) is 0 Å². The molecule has 0 bridgehead atoms. The second kappa shape index (κ2) is 8.69. The summed E-state index contributed by atoms with van der Waals surface area (Å²) in [5.41, 5.74) is 3.46. The SMILES string of the molecule is COC(=O)c1ccc(C2ON=C(c3ccc(OC)cc3)N2Cc2ccccc2)cc1. The molecule has 0 N–H and O–H groups in total. The van der Waals surface area contributed by atoms with E-state index in [0.29, 0.717) is 12.1 Å². The average Bonchev–Trinajstić information content (AvgIpc) is 3.22. The highest BCUT2D eigenvalue weighted by Crippen LogP contribution is 2.32. The number of benzene rings is 3. The molecule has 152 valence electrons. The largest absolute Gasteiger partial charge is 0.497 e. The van der Waals surface area contributed by atoms with E-state index in [4.69, 9.17) is 14.3 Å². The summed E-state index contributed by atoms with van der Waals surface area (Å²) in [4.78, 5) is 19.7. The zero-order chi connectivity index (χ0) is 20.9. The molecule has 0 aromatic heterocycles. The maximum atomic E-state index is 11.7. The Kier molecular flexibility index (Phi) is 5.66. The predicted molar refractivity (Wildman–Crippen MR) is 113 cm³/mol. The van der Waals surface area contributed by atoms with Gasteiger partial charge in [-0.2, -0.15) is 0 Å². The van der Waals surface area contributed by atoms with Crippen molar-refractivity contribution in [1.29, 1.82) is 0 Å². The Bertz CT molecular complexity index is 1030. The van der Waals surface area contributed by atoms with Crippen molar-refractivity contribution in [2.75, 3.05) is 14.2 Å². The molecule has 1 heterocycles. The lowest BCUT2D eigenvalue weighted by Gasteiger charge is -2.26. The zero-order valence-corrected chi connectivity index (χ0v) is 16.8. The molecule has 1 unspecified atom stereocenters. The van der Waals surface area contributed by atoms with Gasteiger partial charge in [0.2, 0.25) is 6.23 Å². The number of carbonyl (C=O) groups is 1. The molecule has 30 heavy (non-hydrogen) atoms. The van der Waals surface area contributed by atoms with E-state index in [9.17, 15) is 4.79 Å². The molecule has 0 spiro atoms. The van der Waals surface area contributed by atoms with Gasteiger partial charge in [-0.1, -0.05) is 47.6 Å². The topological polar surface area (TPSA) is 60.4 Å². The van der Waals surface area contributed by atoms with Crippen LogP contribution < -0.4 is 4.74 Å². The molecule has 6 nitrogen and oxygen atoms in total. The van der Waals surface area contributed by atoms with Gasteiger partial charge in [0.15, 0.2) is 5.84 Å². The van der Waals surface area contributed by atoms with Crippen LogP contribution in [-0.4, -0.2) is 30.9 Å². The van der Waals surface area contributed by atoms with Crippen LogP contribution in [0.15, 0.2) is 84.0 Å². The Labute approximate surface area is 175 Å². The first-order valence-electron chi connectivity index (χ1n) is 9.56. The summed E-state index contributed by atoms with van der Waals surface area (Å²) >= 11 is 0. The molecule has 0 aliphatic carbocycles. The first kappa shape index (κ1) is 19.5. The van der Waals surface area contributed by atoms with E-state index in [1.165, 1.54) is 7.11 Å². The van der Waals surface area contributed by atoms with E-state index in [2.05, 4.69) is 22.2 Å². The van der Waals surface area contributed by atoms with Gasteiger partial charge in [0.05, 0.1) is 19.8 Å². The van der Waals surface area contributed by atoms with Gasteiger partial charge in [0.1, 0.15) is 5.75 Å². The van der Waals surface area contributed by atoms with Crippen LogP contribution in [0.1, 0.15) is 33.3 Å². The van der Waals surface area contributed by atoms with Crippen molar-refractivity contribution in [3.8, 4) is 5.75 Å². The lowest BCUT2D eigenvalue weighted by Crippen LogP contribution is -2.30. The lowest BCUT2D eigenvalue weighted by molar-refractivity contribution is 0.00580. The van der Waals surface area contributed by atoms with Crippen LogP contribution >= 0.6 is 0 Å². The number of carbonyl (C=O) groups excluding carboxylic acids is 1. The van der Waals surface area contributed by atoms with Gasteiger partial charge in [-0.05, 0) is 42.0 Å². The Morgan fingerprint density at radius 2 is 1.67 bits per heavy atom. The molecule has 0 radical (unpaired) electrons. The van der Waals surface area contributed by atoms with E-state index in [1.807, 2.05) is 54.6 Å². The summed E-state index contributed by atoms with van der Waals surface area (Å²) in [6, 6.07) is 25.1. The Balaban J connectivity index is 1.65. The fourth-order valence-corrected chi connectivity index (χ4v) is 3.36. The van der Waals surface area contributed by atoms with E-state index in [0.717, 1.165) is 28.3 Å². The van der Waals surface area contributed by atoms with Crippen molar-refractivity contribution in [2.24, 2.45) is 5.16 Å². The van der Waals surface area contributed by atoms with Crippen molar-refractivity contribution in [3.05, 3.63) is 101 Å². The maximum absolute atomic E-state index is 11.7.